The number of carbonyl (C=O) groups excluding carboxylic acids is 1. The molecule has 0 saturated carbocycles. The summed E-state index contributed by atoms with van der Waals surface area (Å²) in [5.41, 5.74) is 1.29. The van der Waals surface area contributed by atoms with Crippen LogP contribution in [0.3, 0.4) is 0 Å². The van der Waals surface area contributed by atoms with E-state index in [-0.39, 0.29) is 0 Å². The topological polar surface area (TPSA) is 17.1 Å². The maximum absolute atomic E-state index is 11.6. The van der Waals surface area contributed by atoms with Crippen LogP contribution >= 0.6 is 0 Å². The van der Waals surface area contributed by atoms with Gasteiger partial charge in [-0.1, -0.05) is 58.4 Å². The van der Waals surface area contributed by atoms with Gasteiger partial charge in [0, 0.05) is 6.42 Å². The Balaban J connectivity index is 3.54. The van der Waals surface area contributed by atoms with Gasteiger partial charge in [-0.25, -0.2) is 0 Å². The van der Waals surface area contributed by atoms with Gasteiger partial charge in [0.2, 0.25) is 0 Å². The van der Waals surface area contributed by atoms with E-state index in [9.17, 15) is 4.79 Å². The maximum atomic E-state index is 11.6. The fourth-order valence-electron chi connectivity index (χ4n) is 1.83. The molecule has 0 saturated heterocycles. The number of rotatable bonds is 10. The van der Waals surface area contributed by atoms with Gasteiger partial charge in [-0.2, -0.15) is 0 Å². The molecule has 16 heavy (non-hydrogen) atoms. The average Bonchev–Trinajstić information content (AvgIpc) is 2.30. The second-order valence-corrected chi connectivity index (χ2v) is 4.49. The van der Waals surface area contributed by atoms with Crippen molar-refractivity contribution in [2.45, 2.75) is 78.6 Å². The molecule has 0 bridgehead atoms. The molecular weight excluding hydrogens is 196 g/mol. The van der Waals surface area contributed by atoms with Crippen LogP contribution in [0, 0.1) is 0 Å². The van der Waals surface area contributed by atoms with E-state index in [2.05, 4.69) is 20.8 Å². The summed E-state index contributed by atoms with van der Waals surface area (Å²) in [6, 6.07) is 0. The molecule has 0 aliphatic heterocycles. The number of hydrogen-bond donors (Lipinski definition) is 0. The molecule has 0 atom stereocenters. The van der Waals surface area contributed by atoms with Crippen molar-refractivity contribution in [2.24, 2.45) is 0 Å². The molecule has 0 fully saturated rings. The van der Waals surface area contributed by atoms with Crippen molar-refractivity contribution in [3.63, 3.8) is 0 Å². The van der Waals surface area contributed by atoms with Crippen LogP contribution in [0.1, 0.15) is 78.6 Å². The Morgan fingerprint density at radius 2 is 1.44 bits per heavy atom. The van der Waals surface area contributed by atoms with E-state index in [1.165, 1.54) is 37.7 Å². The predicted molar refractivity (Wildman–Crippen MR) is 71.7 cm³/mol. The van der Waals surface area contributed by atoms with Gasteiger partial charge < -0.3 is 0 Å². The molecule has 0 rings (SSSR count). The minimum absolute atomic E-state index is 0.328. The first-order chi connectivity index (χ1) is 7.74. The van der Waals surface area contributed by atoms with E-state index in [0.29, 0.717) is 5.78 Å². The van der Waals surface area contributed by atoms with E-state index in [4.69, 9.17) is 0 Å². The highest BCUT2D eigenvalue weighted by molar-refractivity contribution is 5.90. The monoisotopic (exact) mass is 224 g/mol. The first-order valence-electron chi connectivity index (χ1n) is 6.96. The summed E-state index contributed by atoms with van der Waals surface area (Å²) < 4.78 is 0. The summed E-state index contributed by atoms with van der Waals surface area (Å²) in [7, 11) is 0. The van der Waals surface area contributed by atoms with Gasteiger partial charge in [0.15, 0.2) is 5.78 Å². The van der Waals surface area contributed by atoms with Gasteiger partial charge >= 0.3 is 0 Å². The van der Waals surface area contributed by atoms with Crippen molar-refractivity contribution in [1.82, 2.24) is 0 Å². The van der Waals surface area contributed by atoms with Gasteiger partial charge in [0.05, 0.1) is 0 Å². The zero-order valence-corrected chi connectivity index (χ0v) is 11.3. The zero-order chi connectivity index (χ0) is 12.2. The summed E-state index contributed by atoms with van der Waals surface area (Å²) >= 11 is 0. The molecule has 1 heteroatoms. The Morgan fingerprint density at radius 3 is 2.00 bits per heavy atom. The summed E-state index contributed by atoms with van der Waals surface area (Å²) in [5, 5.41) is 0. The average molecular weight is 224 g/mol. The van der Waals surface area contributed by atoms with E-state index in [1.807, 2.05) is 6.08 Å². The second-order valence-electron chi connectivity index (χ2n) is 4.49. The van der Waals surface area contributed by atoms with Gasteiger partial charge in [0.25, 0.3) is 0 Å². The SMILES string of the molecule is CCCCCCCCC(=O)C=C(CC)CC. The summed E-state index contributed by atoms with van der Waals surface area (Å²) in [6.45, 7) is 6.46. The molecule has 0 radical (unpaired) electrons. The van der Waals surface area contributed by atoms with Crippen molar-refractivity contribution in [3.8, 4) is 0 Å². The minimum atomic E-state index is 0.328. The Kier molecular flexibility index (Phi) is 10.5. The van der Waals surface area contributed by atoms with E-state index < -0.39 is 0 Å². The number of unbranched alkanes of at least 4 members (excludes halogenated alkanes) is 5. The molecule has 0 aliphatic rings. The van der Waals surface area contributed by atoms with E-state index >= 15 is 0 Å². The van der Waals surface area contributed by atoms with Gasteiger partial charge in [0.1, 0.15) is 0 Å². The molecule has 0 aromatic carbocycles. The number of ketones is 1. The molecule has 0 aromatic heterocycles. The highest BCUT2D eigenvalue weighted by Gasteiger charge is 1.99. The molecule has 1 nitrogen and oxygen atoms in total. The Morgan fingerprint density at radius 1 is 0.875 bits per heavy atom. The lowest BCUT2D eigenvalue weighted by Gasteiger charge is -2.01. The van der Waals surface area contributed by atoms with Crippen molar-refractivity contribution in [1.29, 1.82) is 0 Å². The van der Waals surface area contributed by atoms with Crippen molar-refractivity contribution < 1.29 is 4.79 Å². The third-order valence-corrected chi connectivity index (χ3v) is 3.05. The summed E-state index contributed by atoms with van der Waals surface area (Å²) in [6.07, 6.45) is 12.2. The van der Waals surface area contributed by atoms with Crippen molar-refractivity contribution in [2.75, 3.05) is 0 Å². The fourth-order valence-corrected chi connectivity index (χ4v) is 1.83. The number of allylic oxidation sites excluding steroid dienone is 2. The summed E-state index contributed by atoms with van der Waals surface area (Å²) in [4.78, 5) is 11.6. The Bertz CT molecular complexity index is 197. The molecule has 94 valence electrons. The minimum Gasteiger partial charge on any atom is -0.295 e. The molecule has 0 heterocycles. The second kappa shape index (κ2) is 10.9. The van der Waals surface area contributed by atoms with Gasteiger partial charge in [-0.15, -0.1) is 0 Å². The van der Waals surface area contributed by atoms with Crippen LogP contribution in [0.2, 0.25) is 0 Å². The van der Waals surface area contributed by atoms with Crippen LogP contribution in [0.5, 0.6) is 0 Å². The van der Waals surface area contributed by atoms with Crippen LogP contribution in [-0.2, 0) is 4.79 Å². The van der Waals surface area contributed by atoms with E-state index in [1.54, 1.807) is 0 Å². The van der Waals surface area contributed by atoms with Crippen LogP contribution in [-0.4, -0.2) is 5.78 Å². The number of carbonyl (C=O) groups is 1. The normalized spacial score (nSPS) is 10.2. The largest absolute Gasteiger partial charge is 0.295 e. The maximum Gasteiger partial charge on any atom is 0.155 e. The van der Waals surface area contributed by atoms with Gasteiger partial charge in [-0.3, -0.25) is 4.79 Å². The Hall–Kier alpha value is -0.590. The van der Waals surface area contributed by atoms with Crippen LogP contribution in [0.25, 0.3) is 0 Å². The molecule has 0 N–H and O–H groups in total. The highest BCUT2D eigenvalue weighted by Crippen LogP contribution is 2.10. The fraction of sp³-hybridized carbons (Fsp3) is 0.800. The molecule has 0 unspecified atom stereocenters. The van der Waals surface area contributed by atoms with E-state index in [0.717, 1.165) is 25.7 Å². The molecule has 0 spiro atoms. The predicted octanol–water partition coefficient (Wildman–Crippen LogP) is 5.05. The summed E-state index contributed by atoms with van der Waals surface area (Å²) in [5.74, 6) is 0.328. The van der Waals surface area contributed by atoms with Crippen LogP contribution < -0.4 is 0 Å². The first kappa shape index (κ1) is 15.4. The lowest BCUT2D eigenvalue weighted by molar-refractivity contribution is -0.114. The van der Waals surface area contributed by atoms with Crippen LogP contribution in [0.4, 0.5) is 0 Å². The molecule has 0 aliphatic carbocycles. The van der Waals surface area contributed by atoms with Crippen molar-refractivity contribution in [3.05, 3.63) is 11.6 Å². The lowest BCUT2D eigenvalue weighted by atomic mass is 10.0. The highest BCUT2D eigenvalue weighted by atomic mass is 16.1. The lowest BCUT2D eigenvalue weighted by Crippen LogP contribution is -1.95. The zero-order valence-electron chi connectivity index (χ0n) is 11.3. The van der Waals surface area contributed by atoms with Gasteiger partial charge in [-0.05, 0) is 25.3 Å². The number of hydrogen-bond acceptors (Lipinski definition) is 1. The third-order valence-electron chi connectivity index (χ3n) is 3.05. The van der Waals surface area contributed by atoms with Crippen molar-refractivity contribution >= 4 is 5.78 Å². The smallest absolute Gasteiger partial charge is 0.155 e. The van der Waals surface area contributed by atoms with Crippen LogP contribution in [0.15, 0.2) is 11.6 Å². The molecule has 0 aromatic rings. The first-order valence-corrected chi connectivity index (χ1v) is 6.96. The molecule has 0 amide bonds. The Labute approximate surface area is 101 Å². The quantitative estimate of drug-likeness (QED) is 0.375. The third kappa shape index (κ3) is 8.70. The molecular formula is C15H28O. The standard InChI is InChI=1S/C15H28O/c1-4-7-8-9-10-11-12-15(16)13-14(5-2)6-3/h13H,4-12H2,1-3H3.